The van der Waals surface area contributed by atoms with Gasteiger partial charge in [0.25, 0.3) is 0 Å². The average molecular weight is 179 g/mol. The summed E-state index contributed by atoms with van der Waals surface area (Å²) in [6.45, 7) is 0. The van der Waals surface area contributed by atoms with Crippen molar-refractivity contribution in [1.29, 1.82) is 0 Å². The van der Waals surface area contributed by atoms with Crippen LogP contribution in [0.15, 0.2) is 0 Å². The van der Waals surface area contributed by atoms with Gasteiger partial charge in [-0.05, 0) is 0 Å². The Labute approximate surface area is 66.6 Å². The quantitative estimate of drug-likeness (QED) is 0.619. The van der Waals surface area contributed by atoms with E-state index in [2.05, 4.69) is 0 Å². The van der Waals surface area contributed by atoms with Crippen molar-refractivity contribution >= 4 is 11.9 Å². The zero-order chi connectivity index (χ0) is 9.30. The molecule has 0 aromatic rings. The van der Waals surface area contributed by atoms with Crippen molar-refractivity contribution in [3.05, 3.63) is 0 Å². The number of halogens is 2. The third kappa shape index (κ3) is 1.51. The molecular formula is C6H7F2NO3. The number of carbonyl (C=O) groups is 2. The maximum absolute atomic E-state index is 12.1. The molecule has 4 nitrogen and oxygen atoms in total. The van der Waals surface area contributed by atoms with Crippen LogP contribution in [0, 0.1) is 5.92 Å². The van der Waals surface area contributed by atoms with Crippen LogP contribution in [0.5, 0.6) is 0 Å². The van der Waals surface area contributed by atoms with Crippen LogP contribution in [-0.4, -0.2) is 29.5 Å². The maximum Gasteiger partial charge on any atom is 0.326 e. The summed E-state index contributed by atoms with van der Waals surface area (Å²) in [4.78, 5) is 20.9. The Kier molecular flexibility index (Phi) is 2.25. The number of carbonyl (C=O) groups excluding carboxylic acids is 1. The molecule has 1 heterocycles. The molecule has 2 N–H and O–H groups in total. The Morgan fingerprint density at radius 1 is 1.67 bits per heavy atom. The minimum atomic E-state index is -2.77. The second-order valence-corrected chi connectivity index (χ2v) is 2.59. The van der Waals surface area contributed by atoms with Gasteiger partial charge in [-0.2, -0.15) is 0 Å². The Balaban J connectivity index is 2.72. The van der Waals surface area contributed by atoms with Gasteiger partial charge in [-0.3, -0.25) is 4.79 Å². The molecule has 1 aliphatic heterocycles. The summed E-state index contributed by atoms with van der Waals surface area (Å²) in [7, 11) is 0. The summed E-state index contributed by atoms with van der Waals surface area (Å²) >= 11 is 0. The predicted octanol–water partition coefficient (Wildman–Crippen LogP) is -0.159. The molecule has 1 unspecified atom stereocenters. The van der Waals surface area contributed by atoms with E-state index in [-0.39, 0.29) is 0 Å². The summed E-state index contributed by atoms with van der Waals surface area (Å²) in [5.41, 5.74) is 0. The fraction of sp³-hybridized carbons (Fsp3) is 0.667. The number of carboxylic acids is 1. The van der Waals surface area contributed by atoms with Crippen LogP contribution in [0.1, 0.15) is 6.42 Å². The van der Waals surface area contributed by atoms with Crippen LogP contribution in [0.4, 0.5) is 8.78 Å². The van der Waals surface area contributed by atoms with E-state index in [1.54, 1.807) is 0 Å². The number of nitrogens with one attached hydrogen (secondary N) is 1. The summed E-state index contributed by atoms with van der Waals surface area (Å²) in [6.07, 6.45) is -3.18. The molecule has 1 saturated heterocycles. The maximum atomic E-state index is 12.1. The second kappa shape index (κ2) is 3.04. The monoisotopic (exact) mass is 179 g/mol. The van der Waals surface area contributed by atoms with E-state index >= 15 is 0 Å². The highest BCUT2D eigenvalue weighted by atomic mass is 19.3. The molecular weight excluding hydrogens is 172 g/mol. The number of hydrogen-bond donors (Lipinski definition) is 2. The first-order chi connectivity index (χ1) is 5.52. The highest BCUT2D eigenvalue weighted by Crippen LogP contribution is 2.23. The Bertz CT molecular complexity index is 219. The molecule has 12 heavy (non-hydrogen) atoms. The third-order valence-corrected chi connectivity index (χ3v) is 1.76. The van der Waals surface area contributed by atoms with E-state index in [1.807, 2.05) is 5.32 Å². The molecule has 0 saturated carbocycles. The van der Waals surface area contributed by atoms with Gasteiger partial charge in [0, 0.05) is 6.42 Å². The highest BCUT2D eigenvalue weighted by molar-refractivity contribution is 5.88. The van der Waals surface area contributed by atoms with E-state index < -0.39 is 36.7 Å². The molecule has 0 spiro atoms. The standard InChI is InChI=1S/C6H7F2NO3/c7-5(8)2-1-3(10)9-4(2)6(11)12/h2,4-5H,1H2,(H,9,10)(H,11,12)/t2?,4-/m0/s1. The van der Waals surface area contributed by atoms with Crippen LogP contribution in [0.25, 0.3) is 0 Å². The summed E-state index contributed by atoms with van der Waals surface area (Å²) in [5.74, 6) is -3.44. The van der Waals surface area contributed by atoms with Crippen molar-refractivity contribution in [2.24, 2.45) is 5.92 Å². The van der Waals surface area contributed by atoms with Crippen LogP contribution >= 0.6 is 0 Å². The lowest BCUT2D eigenvalue weighted by Gasteiger charge is -2.12. The molecule has 0 bridgehead atoms. The van der Waals surface area contributed by atoms with E-state index in [9.17, 15) is 18.4 Å². The Morgan fingerprint density at radius 3 is 2.58 bits per heavy atom. The van der Waals surface area contributed by atoms with Crippen LogP contribution < -0.4 is 5.32 Å². The van der Waals surface area contributed by atoms with Gasteiger partial charge in [0.1, 0.15) is 6.04 Å². The molecule has 6 heteroatoms. The largest absolute Gasteiger partial charge is 0.480 e. The van der Waals surface area contributed by atoms with Crippen LogP contribution in [-0.2, 0) is 9.59 Å². The van der Waals surface area contributed by atoms with Crippen LogP contribution in [0.3, 0.4) is 0 Å². The Hall–Kier alpha value is -1.20. The molecule has 1 amide bonds. The van der Waals surface area contributed by atoms with Gasteiger partial charge < -0.3 is 10.4 Å². The van der Waals surface area contributed by atoms with Gasteiger partial charge >= 0.3 is 5.97 Å². The van der Waals surface area contributed by atoms with Gasteiger partial charge in [0.2, 0.25) is 12.3 Å². The zero-order valence-electron chi connectivity index (χ0n) is 5.96. The average Bonchev–Trinajstić information content (AvgIpc) is 2.31. The molecule has 0 aromatic heterocycles. The van der Waals surface area contributed by atoms with Crippen molar-refractivity contribution in [1.82, 2.24) is 5.32 Å². The van der Waals surface area contributed by atoms with Gasteiger partial charge in [0.15, 0.2) is 0 Å². The first-order valence-corrected chi connectivity index (χ1v) is 3.32. The SMILES string of the molecule is O=C1CC(C(F)F)[C@@H](C(=O)O)N1. The smallest absolute Gasteiger partial charge is 0.326 e. The van der Waals surface area contributed by atoms with Crippen molar-refractivity contribution in [2.45, 2.75) is 18.9 Å². The van der Waals surface area contributed by atoms with Crippen molar-refractivity contribution in [3.8, 4) is 0 Å². The molecule has 0 aromatic carbocycles. The molecule has 1 fully saturated rings. The number of carboxylic acid groups (broad SMARTS) is 1. The van der Waals surface area contributed by atoms with Crippen LogP contribution in [0.2, 0.25) is 0 Å². The summed E-state index contributed by atoms with van der Waals surface area (Å²) < 4.78 is 24.1. The lowest BCUT2D eigenvalue weighted by Crippen LogP contribution is -2.39. The fourth-order valence-corrected chi connectivity index (χ4v) is 1.15. The Morgan fingerprint density at radius 2 is 2.25 bits per heavy atom. The van der Waals surface area contributed by atoms with Gasteiger partial charge in [-0.25, -0.2) is 13.6 Å². The third-order valence-electron chi connectivity index (χ3n) is 1.76. The van der Waals surface area contributed by atoms with Crippen molar-refractivity contribution in [3.63, 3.8) is 0 Å². The number of alkyl halides is 2. The summed E-state index contributed by atoms with van der Waals surface area (Å²) in [5, 5.41) is 10.4. The molecule has 0 radical (unpaired) electrons. The predicted molar refractivity (Wildman–Crippen MR) is 33.7 cm³/mol. The van der Waals surface area contributed by atoms with Gasteiger partial charge in [-0.1, -0.05) is 0 Å². The fourth-order valence-electron chi connectivity index (χ4n) is 1.15. The van der Waals surface area contributed by atoms with Crippen molar-refractivity contribution in [2.75, 3.05) is 0 Å². The minimum Gasteiger partial charge on any atom is -0.480 e. The molecule has 1 aliphatic rings. The zero-order valence-corrected chi connectivity index (χ0v) is 5.96. The molecule has 0 aliphatic carbocycles. The minimum absolute atomic E-state index is 0.408. The van der Waals surface area contributed by atoms with Gasteiger partial charge in [0.05, 0.1) is 5.92 Å². The second-order valence-electron chi connectivity index (χ2n) is 2.59. The number of amides is 1. The van der Waals surface area contributed by atoms with Gasteiger partial charge in [-0.15, -0.1) is 0 Å². The normalized spacial score (nSPS) is 29.1. The summed E-state index contributed by atoms with van der Waals surface area (Å²) in [6, 6.07) is -1.43. The van der Waals surface area contributed by atoms with E-state index in [0.717, 1.165) is 0 Å². The van der Waals surface area contributed by atoms with E-state index in [4.69, 9.17) is 5.11 Å². The lowest BCUT2D eigenvalue weighted by atomic mass is 10.0. The number of rotatable bonds is 2. The topological polar surface area (TPSA) is 66.4 Å². The molecule has 68 valence electrons. The number of aliphatic carboxylic acids is 1. The molecule has 1 rings (SSSR count). The first kappa shape index (κ1) is 8.89. The van der Waals surface area contributed by atoms with E-state index in [0.29, 0.717) is 0 Å². The lowest BCUT2D eigenvalue weighted by molar-refractivity contribution is -0.142. The first-order valence-electron chi connectivity index (χ1n) is 3.32. The van der Waals surface area contributed by atoms with E-state index in [1.165, 1.54) is 0 Å². The highest BCUT2D eigenvalue weighted by Gasteiger charge is 2.42. The number of hydrogen-bond acceptors (Lipinski definition) is 2. The van der Waals surface area contributed by atoms with Crippen molar-refractivity contribution < 1.29 is 23.5 Å². The molecule has 2 atom stereocenters.